The average Bonchev–Trinajstić information content (AvgIpc) is 3.09. The molecule has 0 saturated carbocycles. The van der Waals surface area contributed by atoms with E-state index in [0.29, 0.717) is 34.7 Å². The number of hydrogen-bond donors (Lipinski definition) is 2. The minimum atomic E-state index is -0.792. The van der Waals surface area contributed by atoms with Gasteiger partial charge in [0.05, 0.1) is 38.2 Å². The molecule has 2 heterocycles. The number of nitrogens with two attached hydrogens (primary N) is 1. The second-order valence-corrected chi connectivity index (χ2v) is 7.67. The summed E-state index contributed by atoms with van der Waals surface area (Å²) < 4.78 is 12.2. The molecule has 8 heteroatoms. The Balaban J connectivity index is 2.02. The number of methoxy groups -OCH3 is 2. The maximum atomic E-state index is 13.3. The molecule has 0 spiro atoms. The molecule has 3 rings (SSSR count). The van der Waals surface area contributed by atoms with Gasteiger partial charge in [0.1, 0.15) is 11.5 Å². The number of aryl methyl sites for hydroxylation is 1. The van der Waals surface area contributed by atoms with Crippen molar-refractivity contribution in [3.8, 4) is 5.75 Å². The number of aromatic nitrogens is 2. The monoisotopic (exact) mass is 460 g/mol. The van der Waals surface area contributed by atoms with Crippen molar-refractivity contribution in [1.82, 2.24) is 14.9 Å². The predicted octanol–water partition coefficient (Wildman–Crippen LogP) is 3.53. The highest BCUT2D eigenvalue weighted by Gasteiger charge is 2.26. The lowest BCUT2D eigenvalue weighted by Gasteiger charge is -2.09. The molecule has 0 fully saturated rings. The number of carbonyl (C=O) groups is 2. The zero-order chi connectivity index (χ0) is 24.8. The first-order valence-electron chi connectivity index (χ1n) is 10.6. The molecule has 3 N–H and O–H groups in total. The Bertz CT molecular complexity index is 1300. The van der Waals surface area contributed by atoms with E-state index < -0.39 is 11.7 Å². The van der Waals surface area contributed by atoms with Gasteiger partial charge < -0.3 is 25.1 Å². The Hall–Kier alpha value is -4.33. The lowest BCUT2D eigenvalue weighted by atomic mass is 10.0. The summed E-state index contributed by atoms with van der Waals surface area (Å²) in [4.78, 5) is 30.7. The van der Waals surface area contributed by atoms with E-state index in [-0.39, 0.29) is 5.70 Å². The van der Waals surface area contributed by atoms with E-state index in [4.69, 9.17) is 15.2 Å². The van der Waals surface area contributed by atoms with E-state index in [9.17, 15) is 9.59 Å². The van der Waals surface area contributed by atoms with E-state index in [1.807, 2.05) is 48.7 Å². The van der Waals surface area contributed by atoms with Crippen LogP contribution in [0, 0.1) is 13.8 Å². The molecule has 176 valence electrons. The van der Waals surface area contributed by atoms with Gasteiger partial charge in [-0.15, -0.1) is 0 Å². The Morgan fingerprint density at radius 3 is 2.59 bits per heavy atom. The summed E-state index contributed by atoms with van der Waals surface area (Å²) in [5.74, 6) is -0.489. The van der Waals surface area contributed by atoms with Crippen LogP contribution in [-0.2, 0) is 16.1 Å². The zero-order valence-electron chi connectivity index (χ0n) is 19.7. The largest absolute Gasteiger partial charge is 0.497 e. The van der Waals surface area contributed by atoms with Gasteiger partial charge in [0, 0.05) is 28.4 Å². The zero-order valence-corrected chi connectivity index (χ0v) is 19.7. The van der Waals surface area contributed by atoms with Crippen molar-refractivity contribution in [3.63, 3.8) is 0 Å². The van der Waals surface area contributed by atoms with Crippen LogP contribution < -0.4 is 15.8 Å². The van der Waals surface area contributed by atoms with Crippen LogP contribution >= 0.6 is 0 Å². The number of ether oxygens (including phenoxy) is 2. The Morgan fingerprint density at radius 1 is 1.21 bits per heavy atom. The van der Waals surface area contributed by atoms with E-state index in [1.165, 1.54) is 25.5 Å². The number of amides is 1. The summed E-state index contributed by atoms with van der Waals surface area (Å²) in [5, 5.41) is 3.29. The van der Waals surface area contributed by atoms with E-state index in [2.05, 4.69) is 16.9 Å². The SMILES string of the molecule is C=C(/C=C(\C=C/N)NC(=O)C(=O)c1c(C)n(Cc2ccc(OC)cn2)c2ccc(C)cc12)OC. The number of nitrogens with zero attached hydrogens (tertiary/aromatic N) is 2. The molecule has 1 aromatic carbocycles. The van der Waals surface area contributed by atoms with E-state index in [0.717, 1.165) is 16.8 Å². The fourth-order valence-corrected chi connectivity index (χ4v) is 3.64. The highest BCUT2D eigenvalue weighted by molar-refractivity contribution is 6.45. The number of Topliss-reactive ketones (excluding diaryl/α,β-unsaturated/α-hetero) is 1. The molecule has 3 aromatic rings. The molecule has 0 aliphatic heterocycles. The van der Waals surface area contributed by atoms with Crippen LogP contribution in [0.15, 0.2) is 72.9 Å². The first-order chi connectivity index (χ1) is 16.3. The number of allylic oxidation sites excluding steroid dienone is 2. The quantitative estimate of drug-likeness (QED) is 0.219. The van der Waals surface area contributed by atoms with Gasteiger partial charge in [-0.05, 0) is 50.4 Å². The first kappa shape index (κ1) is 24.3. The van der Waals surface area contributed by atoms with Crippen LogP contribution in [0.2, 0.25) is 0 Å². The van der Waals surface area contributed by atoms with Crippen LogP contribution in [0.25, 0.3) is 10.9 Å². The summed E-state index contributed by atoms with van der Waals surface area (Å²) in [7, 11) is 3.04. The third kappa shape index (κ3) is 5.17. The van der Waals surface area contributed by atoms with Gasteiger partial charge in [0.25, 0.3) is 11.7 Å². The summed E-state index contributed by atoms with van der Waals surface area (Å²) >= 11 is 0. The topological polar surface area (TPSA) is 108 Å². The lowest BCUT2D eigenvalue weighted by molar-refractivity contribution is -0.116. The third-order valence-electron chi connectivity index (χ3n) is 5.38. The number of ketones is 1. The summed E-state index contributed by atoms with van der Waals surface area (Å²) in [5.41, 5.74) is 9.37. The second kappa shape index (κ2) is 10.5. The summed E-state index contributed by atoms with van der Waals surface area (Å²) in [6.07, 6.45) is 5.82. The fraction of sp³-hybridized carbons (Fsp3) is 0.192. The Kier molecular flexibility index (Phi) is 7.53. The van der Waals surface area contributed by atoms with Crippen molar-refractivity contribution in [2.24, 2.45) is 5.73 Å². The number of hydrogen-bond acceptors (Lipinski definition) is 6. The Labute approximate surface area is 198 Å². The molecule has 8 nitrogen and oxygen atoms in total. The van der Waals surface area contributed by atoms with Crippen LogP contribution in [0.4, 0.5) is 0 Å². The standard InChI is InChI=1S/C26H28N4O4/c1-16-6-9-23-22(12-16)24(18(3)30(23)15-20-7-8-21(34-5)14-28-20)25(31)26(32)29-19(10-11-27)13-17(2)33-4/h6-14H,2,15,27H2,1,3-5H3,(H,29,32)/b11-10-,19-13+. The summed E-state index contributed by atoms with van der Waals surface area (Å²) in [6, 6.07) is 9.52. The molecule has 0 radical (unpaired) electrons. The van der Waals surface area contributed by atoms with Crippen molar-refractivity contribution in [3.05, 3.63) is 95.4 Å². The minimum Gasteiger partial charge on any atom is -0.497 e. The maximum Gasteiger partial charge on any atom is 0.296 e. The number of benzene rings is 1. The van der Waals surface area contributed by atoms with Gasteiger partial charge in [-0.25, -0.2) is 0 Å². The van der Waals surface area contributed by atoms with Gasteiger partial charge in [-0.3, -0.25) is 14.6 Å². The van der Waals surface area contributed by atoms with E-state index in [1.54, 1.807) is 13.3 Å². The van der Waals surface area contributed by atoms with Gasteiger partial charge in [0.15, 0.2) is 0 Å². The maximum absolute atomic E-state index is 13.3. The molecule has 0 atom stereocenters. The molecule has 0 saturated heterocycles. The third-order valence-corrected chi connectivity index (χ3v) is 5.38. The minimum absolute atomic E-state index is 0.285. The number of rotatable bonds is 9. The van der Waals surface area contributed by atoms with Crippen molar-refractivity contribution >= 4 is 22.6 Å². The van der Waals surface area contributed by atoms with Crippen molar-refractivity contribution < 1.29 is 19.1 Å². The fourth-order valence-electron chi connectivity index (χ4n) is 3.64. The van der Waals surface area contributed by atoms with Crippen molar-refractivity contribution in [1.29, 1.82) is 0 Å². The predicted molar refractivity (Wildman–Crippen MR) is 131 cm³/mol. The lowest BCUT2D eigenvalue weighted by Crippen LogP contribution is -2.30. The number of carbonyl (C=O) groups excluding carboxylic acids is 2. The highest BCUT2D eigenvalue weighted by Crippen LogP contribution is 2.28. The van der Waals surface area contributed by atoms with Crippen LogP contribution in [0.5, 0.6) is 5.75 Å². The van der Waals surface area contributed by atoms with E-state index >= 15 is 0 Å². The Morgan fingerprint density at radius 2 is 1.97 bits per heavy atom. The van der Waals surface area contributed by atoms with Gasteiger partial charge in [0.2, 0.25) is 0 Å². The molecule has 0 bridgehead atoms. The van der Waals surface area contributed by atoms with Crippen molar-refractivity contribution in [2.45, 2.75) is 20.4 Å². The number of nitrogens with one attached hydrogen (secondary N) is 1. The smallest absolute Gasteiger partial charge is 0.296 e. The average molecular weight is 461 g/mol. The molecule has 0 aliphatic rings. The number of pyridine rings is 1. The molecular formula is C26H28N4O4. The van der Waals surface area contributed by atoms with Crippen molar-refractivity contribution in [2.75, 3.05) is 14.2 Å². The second-order valence-electron chi connectivity index (χ2n) is 7.67. The molecule has 34 heavy (non-hydrogen) atoms. The molecule has 0 aliphatic carbocycles. The molecule has 1 amide bonds. The van der Waals surface area contributed by atoms with Crippen LogP contribution in [-0.4, -0.2) is 35.5 Å². The normalized spacial score (nSPS) is 11.6. The van der Waals surface area contributed by atoms with Gasteiger partial charge in [-0.1, -0.05) is 18.2 Å². The molecule has 0 unspecified atom stereocenters. The van der Waals surface area contributed by atoms with Crippen LogP contribution in [0.1, 0.15) is 27.3 Å². The number of fused-ring (bicyclic) bond motifs is 1. The summed E-state index contributed by atoms with van der Waals surface area (Å²) in [6.45, 7) is 7.89. The highest BCUT2D eigenvalue weighted by atomic mass is 16.5. The van der Waals surface area contributed by atoms with Crippen LogP contribution in [0.3, 0.4) is 0 Å². The van der Waals surface area contributed by atoms with Gasteiger partial charge >= 0.3 is 0 Å². The molecular weight excluding hydrogens is 432 g/mol. The van der Waals surface area contributed by atoms with Gasteiger partial charge in [-0.2, -0.15) is 0 Å². The molecule has 2 aromatic heterocycles. The first-order valence-corrected chi connectivity index (χ1v) is 10.6.